The fraction of sp³-hybridized carbons (Fsp3) is 0.200. The number of nitrogens with zero attached hydrogens (tertiary/aromatic N) is 2. The lowest BCUT2D eigenvalue weighted by Gasteiger charge is -2.05. The molecule has 0 aliphatic rings. The molecule has 120 valence electrons. The van der Waals surface area contributed by atoms with Crippen LogP contribution in [0.15, 0.2) is 29.1 Å². The van der Waals surface area contributed by atoms with Gasteiger partial charge in [0.25, 0.3) is 0 Å². The molecule has 0 spiro atoms. The number of hydrogen-bond donors (Lipinski definition) is 0. The Labute approximate surface area is 138 Å². The largest absolute Gasteiger partial charge is 0.342 e. The van der Waals surface area contributed by atoms with Crippen LogP contribution in [-0.4, -0.2) is 26.7 Å². The fourth-order valence-electron chi connectivity index (χ4n) is 2.26. The normalized spacial score (nSPS) is 10.6. The van der Waals surface area contributed by atoms with Gasteiger partial charge in [0, 0.05) is 24.7 Å². The van der Waals surface area contributed by atoms with Crippen LogP contribution in [0, 0.1) is 5.82 Å². The zero-order valence-corrected chi connectivity index (χ0v) is 13.9. The highest BCUT2D eigenvalue weighted by Gasteiger charge is 2.28. The number of alkyl halides is 1. The molecule has 23 heavy (non-hydrogen) atoms. The third-order valence-corrected chi connectivity index (χ3v) is 3.76. The van der Waals surface area contributed by atoms with Crippen LogP contribution < -0.4 is 5.69 Å². The molecule has 0 amide bonds. The molecule has 0 aliphatic carbocycles. The Morgan fingerprint density at radius 1 is 1.04 bits per heavy atom. The highest BCUT2D eigenvalue weighted by atomic mass is 79.9. The Balaban J connectivity index is 2.79. The summed E-state index contributed by atoms with van der Waals surface area (Å²) in [6.45, 7) is 2.27. The molecule has 0 saturated heterocycles. The van der Waals surface area contributed by atoms with E-state index in [9.17, 15) is 23.6 Å². The second-order valence-electron chi connectivity index (χ2n) is 4.76. The van der Waals surface area contributed by atoms with E-state index >= 15 is 0 Å². The second-order valence-corrected chi connectivity index (χ2v) is 5.32. The van der Waals surface area contributed by atoms with Gasteiger partial charge in [0.2, 0.25) is 17.6 Å². The molecule has 1 aromatic carbocycles. The van der Waals surface area contributed by atoms with E-state index in [2.05, 4.69) is 15.9 Å². The molecule has 0 saturated carbocycles. The van der Waals surface area contributed by atoms with Crippen molar-refractivity contribution in [2.75, 3.05) is 0 Å². The molecule has 0 aliphatic heterocycles. The van der Waals surface area contributed by atoms with Gasteiger partial charge in [-0.3, -0.25) is 14.4 Å². The third-order valence-electron chi connectivity index (χ3n) is 3.23. The molecule has 0 fully saturated rings. The lowest BCUT2D eigenvalue weighted by molar-refractivity contribution is 0.0905. The zero-order valence-electron chi connectivity index (χ0n) is 12.3. The summed E-state index contributed by atoms with van der Waals surface area (Å²) in [6.07, 6.45) is 0. The molecular weight excluding hydrogens is 371 g/mol. The van der Waals surface area contributed by atoms with Gasteiger partial charge in [-0.25, -0.2) is 18.3 Å². The van der Waals surface area contributed by atoms with Gasteiger partial charge in [-0.05, 0) is 24.3 Å². The van der Waals surface area contributed by atoms with Crippen molar-refractivity contribution in [3.05, 3.63) is 57.5 Å². The van der Waals surface area contributed by atoms with Crippen molar-refractivity contribution < 1.29 is 18.8 Å². The molecule has 1 aromatic heterocycles. The third kappa shape index (κ3) is 2.94. The maximum Gasteiger partial charge on any atom is 0.342 e. The SMILES string of the molecule is CC(=O)n1c(CBr)c(C(=O)c2ccc(F)cc2)n(C(C)=O)c1=O. The quantitative estimate of drug-likeness (QED) is 0.602. The lowest BCUT2D eigenvalue weighted by atomic mass is 10.1. The van der Waals surface area contributed by atoms with Crippen LogP contribution in [0.25, 0.3) is 0 Å². The molecule has 8 heteroatoms. The van der Waals surface area contributed by atoms with Crippen LogP contribution in [0.3, 0.4) is 0 Å². The van der Waals surface area contributed by atoms with E-state index in [1.165, 1.54) is 12.1 Å². The van der Waals surface area contributed by atoms with Crippen LogP contribution >= 0.6 is 15.9 Å². The number of carbonyl (C=O) groups excluding carboxylic acids is 3. The monoisotopic (exact) mass is 382 g/mol. The van der Waals surface area contributed by atoms with Gasteiger partial charge in [-0.1, -0.05) is 15.9 Å². The molecule has 0 radical (unpaired) electrons. The van der Waals surface area contributed by atoms with Gasteiger partial charge >= 0.3 is 5.69 Å². The highest BCUT2D eigenvalue weighted by Crippen LogP contribution is 2.17. The van der Waals surface area contributed by atoms with Crippen molar-refractivity contribution in [2.24, 2.45) is 0 Å². The number of halogens is 2. The van der Waals surface area contributed by atoms with E-state index in [1.54, 1.807) is 0 Å². The molecule has 1 heterocycles. The zero-order chi connectivity index (χ0) is 17.3. The average Bonchev–Trinajstić information content (AvgIpc) is 2.79. The summed E-state index contributed by atoms with van der Waals surface area (Å²) in [5.41, 5.74) is -0.928. The lowest BCUT2D eigenvalue weighted by Crippen LogP contribution is -2.31. The first-order chi connectivity index (χ1) is 10.8. The predicted octanol–water partition coefficient (Wildman–Crippen LogP) is 2.24. The molecular formula is C15H12BrFN2O4. The molecule has 2 rings (SSSR count). The maximum atomic E-state index is 13.0. The van der Waals surface area contributed by atoms with E-state index in [0.717, 1.165) is 30.5 Å². The van der Waals surface area contributed by atoms with Gasteiger partial charge in [0.05, 0.1) is 5.69 Å². The Bertz CT molecular complexity index is 865. The van der Waals surface area contributed by atoms with Crippen molar-refractivity contribution in [3.63, 3.8) is 0 Å². The smallest absolute Gasteiger partial charge is 0.287 e. The number of carbonyl (C=O) groups is 3. The van der Waals surface area contributed by atoms with E-state index in [-0.39, 0.29) is 22.3 Å². The topological polar surface area (TPSA) is 78.1 Å². The molecule has 2 aromatic rings. The molecule has 0 bridgehead atoms. The molecule has 0 N–H and O–H groups in total. The van der Waals surface area contributed by atoms with Crippen LogP contribution in [0.2, 0.25) is 0 Å². The number of rotatable bonds is 3. The van der Waals surface area contributed by atoms with Gasteiger partial charge < -0.3 is 0 Å². The van der Waals surface area contributed by atoms with Crippen molar-refractivity contribution >= 4 is 33.5 Å². The van der Waals surface area contributed by atoms with Gasteiger partial charge in [0.1, 0.15) is 11.5 Å². The summed E-state index contributed by atoms with van der Waals surface area (Å²) in [4.78, 5) is 48.5. The van der Waals surface area contributed by atoms with Crippen LogP contribution in [0.5, 0.6) is 0 Å². The number of benzene rings is 1. The standard InChI is InChI=1S/C15H12BrFN2O4/c1-8(20)18-12(7-16)13(19(9(2)21)15(18)23)14(22)10-3-5-11(17)6-4-10/h3-6H,7H2,1-2H3. The minimum atomic E-state index is -0.898. The number of hydrogen-bond acceptors (Lipinski definition) is 4. The summed E-state index contributed by atoms with van der Waals surface area (Å²) in [7, 11) is 0. The van der Waals surface area contributed by atoms with E-state index < -0.39 is 29.1 Å². The van der Waals surface area contributed by atoms with Crippen LogP contribution in [0.1, 0.15) is 45.2 Å². The molecule has 6 nitrogen and oxygen atoms in total. The summed E-state index contributed by atoms with van der Waals surface area (Å²) in [5.74, 6) is -2.47. The van der Waals surface area contributed by atoms with E-state index in [4.69, 9.17) is 0 Å². The first-order valence-electron chi connectivity index (χ1n) is 6.54. The van der Waals surface area contributed by atoms with Crippen molar-refractivity contribution in [1.29, 1.82) is 0 Å². The second kappa shape index (κ2) is 6.41. The minimum Gasteiger partial charge on any atom is -0.287 e. The Kier molecular flexibility index (Phi) is 4.74. The fourth-order valence-corrected chi connectivity index (χ4v) is 2.77. The number of imidazole rings is 1. The van der Waals surface area contributed by atoms with Gasteiger partial charge in [-0.15, -0.1) is 0 Å². The molecule has 0 atom stereocenters. The summed E-state index contributed by atoms with van der Waals surface area (Å²) < 4.78 is 14.4. The molecule has 0 unspecified atom stereocenters. The Morgan fingerprint density at radius 3 is 2.00 bits per heavy atom. The first kappa shape index (κ1) is 17.0. The first-order valence-corrected chi connectivity index (χ1v) is 7.66. The number of ketones is 1. The summed E-state index contributed by atoms with van der Waals surface area (Å²) in [6, 6.07) is 4.68. The van der Waals surface area contributed by atoms with Gasteiger partial charge in [-0.2, -0.15) is 0 Å². The van der Waals surface area contributed by atoms with Crippen molar-refractivity contribution in [3.8, 4) is 0 Å². The maximum absolute atomic E-state index is 13.0. The summed E-state index contributed by atoms with van der Waals surface area (Å²) >= 11 is 3.13. The highest BCUT2D eigenvalue weighted by molar-refractivity contribution is 9.08. The van der Waals surface area contributed by atoms with E-state index in [0.29, 0.717) is 4.57 Å². The van der Waals surface area contributed by atoms with E-state index in [1.807, 2.05) is 0 Å². The van der Waals surface area contributed by atoms with Crippen molar-refractivity contribution in [2.45, 2.75) is 19.2 Å². The number of aromatic nitrogens is 2. The Morgan fingerprint density at radius 2 is 1.57 bits per heavy atom. The average molecular weight is 383 g/mol. The summed E-state index contributed by atoms with van der Waals surface area (Å²) in [5, 5.41) is 0.0182. The minimum absolute atomic E-state index is 0.0182. The van der Waals surface area contributed by atoms with Crippen molar-refractivity contribution in [1.82, 2.24) is 9.13 Å². The van der Waals surface area contributed by atoms with Gasteiger partial charge in [0.15, 0.2) is 0 Å². The van der Waals surface area contributed by atoms with Crippen LogP contribution in [-0.2, 0) is 5.33 Å². The Hall–Kier alpha value is -2.35. The van der Waals surface area contributed by atoms with Crippen LogP contribution in [0.4, 0.5) is 4.39 Å². The predicted molar refractivity (Wildman–Crippen MR) is 83.8 cm³/mol.